The number of nitrogens with one attached hydrogen (secondary N) is 15. The Morgan fingerprint density at radius 2 is 1.02 bits per heavy atom. The van der Waals surface area contributed by atoms with E-state index in [0.717, 1.165) is 4.90 Å². The van der Waals surface area contributed by atoms with Crippen molar-refractivity contribution in [3.05, 3.63) is 48.0 Å². The second-order valence-corrected chi connectivity index (χ2v) is 27.8. The normalized spacial score (nSPS) is 16.0. The molecule has 1 fully saturated rings. The highest BCUT2D eigenvalue weighted by molar-refractivity contribution is 6.01. The molecule has 1 aromatic carbocycles. The predicted octanol–water partition coefficient (Wildman–Crippen LogP) is -8.14. The number of aromatic hydroxyl groups is 1. The molecule has 2 heterocycles. The number of carboxylic acid groups (broad SMARTS) is 3. The summed E-state index contributed by atoms with van der Waals surface area (Å²) in [5.74, 6) is -22.6. The minimum absolute atomic E-state index is 0.00754. The number of imidazole rings is 1. The van der Waals surface area contributed by atoms with E-state index >= 15 is 0 Å². The first-order chi connectivity index (χ1) is 52.4. The number of likely N-dealkylation sites (tertiary alicyclic amines) is 1. The molecule has 3 rings (SSSR count). The number of amides is 15. The second kappa shape index (κ2) is 45.8. The minimum atomic E-state index is -1.99. The molecule has 14 atom stereocenters. The largest absolute Gasteiger partial charge is 0.508 e. The van der Waals surface area contributed by atoms with Crippen molar-refractivity contribution in [2.24, 2.45) is 40.7 Å². The Balaban J connectivity index is 1.86. The molecule has 0 aliphatic carbocycles. The number of aliphatic hydroxyl groups excluding tert-OH is 1. The van der Waals surface area contributed by atoms with Crippen molar-refractivity contribution < 1.29 is 112 Å². The SMILES string of the molecule is CC(C)C[C@H](NC(=O)[C@H](CO)NC(=O)[C@H](CCCNC(=N)N)NC(=O)[C@@H](NC(=O)[C@@H]1CCCN1C(=O)[C@H](C)NC(=O)[C@H](CC(=O)O)NC(=O)[C@H](Cc1c[nH]cn1)NC(=O)[C@@H](NC(=O)[C@H](Cc1ccc(O)cc1)NC(=O)[C@H](C)NC(=O)[C@H](CCC(=O)O)NC(=O)[C@@H](N)CC(N)=O)C(C)C)C(C)C)C(=O)N[C@@H](CC(N)=O)C(=O)O. The van der Waals surface area contributed by atoms with Crippen molar-refractivity contribution in [3.8, 4) is 5.75 Å². The topological polar surface area (TPSA) is 725 Å². The molecule has 0 unspecified atom stereocenters. The number of carboxylic acids is 3. The van der Waals surface area contributed by atoms with Crippen LogP contribution >= 0.6 is 0 Å². The molecule has 1 aromatic heterocycles. The fraction of sp³-hybridized carbons (Fsp3) is 0.588. The summed E-state index contributed by atoms with van der Waals surface area (Å²) in [5, 5.41) is 88.1. The molecule has 1 aliphatic rings. The first-order valence-corrected chi connectivity index (χ1v) is 35.8. The van der Waals surface area contributed by atoms with E-state index in [4.69, 9.17) is 28.3 Å². The molecule has 44 nitrogen and oxygen atoms in total. The molecule has 0 spiro atoms. The van der Waals surface area contributed by atoms with Gasteiger partial charge in [-0.25, -0.2) is 9.78 Å². The zero-order valence-corrected chi connectivity index (χ0v) is 63.2. The van der Waals surface area contributed by atoms with Crippen LogP contribution in [-0.4, -0.2) is 257 Å². The summed E-state index contributed by atoms with van der Waals surface area (Å²) in [6.07, 6.45) is -1.92. The maximum atomic E-state index is 14.5. The molecule has 0 saturated carbocycles. The summed E-state index contributed by atoms with van der Waals surface area (Å²) >= 11 is 0. The maximum Gasteiger partial charge on any atom is 0.326 e. The van der Waals surface area contributed by atoms with E-state index in [9.17, 15) is 112 Å². The van der Waals surface area contributed by atoms with E-state index in [1.165, 1.54) is 78.3 Å². The minimum Gasteiger partial charge on any atom is -0.508 e. The molecule has 28 N–H and O–H groups in total. The molecule has 2 aromatic rings. The number of hydrogen-bond donors (Lipinski definition) is 24. The van der Waals surface area contributed by atoms with Gasteiger partial charge in [-0.2, -0.15) is 0 Å². The Hall–Kier alpha value is -12.1. The number of H-pyrrole nitrogens is 1. The lowest BCUT2D eigenvalue weighted by Gasteiger charge is -2.31. The number of rotatable bonds is 48. The van der Waals surface area contributed by atoms with Crippen LogP contribution in [0.4, 0.5) is 0 Å². The van der Waals surface area contributed by atoms with Crippen LogP contribution in [0, 0.1) is 23.2 Å². The zero-order valence-electron chi connectivity index (χ0n) is 63.2. The summed E-state index contributed by atoms with van der Waals surface area (Å²) in [4.78, 5) is 248. The average Bonchev–Trinajstić information content (AvgIpc) is 1.63. The number of hydrogen-bond acceptors (Lipinski definition) is 23. The lowest BCUT2D eigenvalue weighted by Crippen LogP contribution is -2.61. The molecule has 0 radical (unpaired) electrons. The van der Waals surface area contributed by atoms with E-state index in [0.29, 0.717) is 5.56 Å². The summed E-state index contributed by atoms with van der Waals surface area (Å²) in [5.41, 5.74) is 21.9. The number of primary amides is 2. The van der Waals surface area contributed by atoms with Gasteiger partial charge in [-0.1, -0.05) is 53.7 Å². The number of nitrogens with two attached hydrogens (primary N) is 4. The zero-order chi connectivity index (χ0) is 84.5. The Morgan fingerprint density at radius 3 is 1.56 bits per heavy atom. The molecule has 0 bridgehead atoms. The van der Waals surface area contributed by atoms with Gasteiger partial charge in [0, 0.05) is 38.5 Å². The van der Waals surface area contributed by atoms with Gasteiger partial charge >= 0.3 is 17.9 Å². The van der Waals surface area contributed by atoms with Gasteiger partial charge in [-0.05, 0) is 87.8 Å². The fourth-order valence-electron chi connectivity index (χ4n) is 11.3. The van der Waals surface area contributed by atoms with Crippen LogP contribution in [0.15, 0.2) is 36.8 Å². The summed E-state index contributed by atoms with van der Waals surface area (Å²) < 4.78 is 0. The standard InChI is InChI=1S/C68H105N21O23/c1-30(2)21-41(59(103)85-45(67(111)112)25-49(71)93)82-62(106)46(28-90)86-57(101)39(11-9-19-75-68(72)73)80-64(108)53(32(5)6)88-63(107)47-12-10-20-89(47)66(110)34(8)78-58(102)44(26-51(96)97)83-60(104)43(23-36-27-74-29-76-36)84-65(109)52(31(3)4)87-61(105)42(22-35-13-15-37(91)16-14-35)81-54(98)33(7)77-56(100)40(17-18-50(94)95)79-55(99)38(69)24-48(70)92/h13-16,27,29-34,38-47,52-53,90-91H,9-12,17-26,28,69H2,1-8H3,(H2,70,92)(H2,71,93)(H,74,76)(H,77,100)(H,78,102)(H,79,99)(H,80,108)(H,81,98)(H,82,106)(H,83,104)(H,84,109)(H,85,103)(H,86,101)(H,87,105)(H,88,107)(H,94,95)(H,96,97)(H,111,112)(H4,72,73,75)/t33-,34-,38-,39-,40-,41-,42-,43-,44-,45-,46-,47-,52-,53-/m0/s1. The Morgan fingerprint density at radius 1 is 0.536 bits per heavy atom. The van der Waals surface area contributed by atoms with Crippen LogP contribution in [-0.2, 0) is 99.1 Å². The second-order valence-electron chi connectivity index (χ2n) is 27.8. The van der Waals surface area contributed by atoms with Gasteiger partial charge in [-0.15, -0.1) is 0 Å². The first-order valence-electron chi connectivity index (χ1n) is 35.8. The highest BCUT2D eigenvalue weighted by atomic mass is 16.4. The van der Waals surface area contributed by atoms with Crippen molar-refractivity contribution in [1.29, 1.82) is 5.41 Å². The third kappa shape index (κ3) is 32.2. The van der Waals surface area contributed by atoms with Gasteiger partial charge in [0.15, 0.2) is 5.96 Å². The Labute approximate surface area is 642 Å². The van der Waals surface area contributed by atoms with Gasteiger partial charge in [0.2, 0.25) is 88.6 Å². The van der Waals surface area contributed by atoms with Gasteiger partial charge in [0.05, 0.1) is 43.9 Å². The van der Waals surface area contributed by atoms with Gasteiger partial charge in [-0.3, -0.25) is 86.9 Å². The number of guanidine groups is 1. The van der Waals surface area contributed by atoms with Crippen LogP contribution in [0.2, 0.25) is 0 Å². The lowest BCUT2D eigenvalue weighted by molar-refractivity contribution is -0.144. The molecule has 15 amide bonds. The molecule has 1 aliphatic heterocycles. The number of aliphatic hydroxyl groups is 1. The molecule has 112 heavy (non-hydrogen) atoms. The molecule has 620 valence electrons. The van der Waals surface area contributed by atoms with Crippen LogP contribution < -0.4 is 92.1 Å². The highest BCUT2D eigenvalue weighted by Gasteiger charge is 2.42. The third-order valence-electron chi connectivity index (χ3n) is 17.3. The van der Waals surface area contributed by atoms with Crippen molar-refractivity contribution in [2.45, 2.75) is 217 Å². The number of phenolic OH excluding ortho intramolecular Hbond substituents is 1. The molecule has 1 saturated heterocycles. The quantitative estimate of drug-likeness (QED) is 0.0166. The fourth-order valence-corrected chi connectivity index (χ4v) is 11.3. The predicted molar refractivity (Wildman–Crippen MR) is 391 cm³/mol. The lowest BCUT2D eigenvalue weighted by atomic mass is 9.99. The smallest absolute Gasteiger partial charge is 0.326 e. The van der Waals surface area contributed by atoms with Crippen LogP contribution in [0.25, 0.3) is 0 Å². The number of benzene rings is 1. The van der Waals surface area contributed by atoms with E-state index < -0.39 is 254 Å². The Kier molecular flexibility index (Phi) is 38.4. The third-order valence-corrected chi connectivity index (χ3v) is 17.3. The van der Waals surface area contributed by atoms with Gasteiger partial charge < -0.3 is 127 Å². The molecule has 44 heteroatoms. The number of aromatic nitrogens is 2. The number of carbonyl (C=O) groups excluding carboxylic acids is 15. The van der Waals surface area contributed by atoms with Crippen LogP contribution in [0.3, 0.4) is 0 Å². The van der Waals surface area contributed by atoms with E-state index in [1.54, 1.807) is 13.8 Å². The number of phenols is 1. The number of carbonyl (C=O) groups is 18. The van der Waals surface area contributed by atoms with Crippen molar-refractivity contribution in [3.63, 3.8) is 0 Å². The summed E-state index contributed by atoms with van der Waals surface area (Å²) in [6, 6.07) is -17.0. The van der Waals surface area contributed by atoms with Crippen molar-refractivity contribution >= 4 is 112 Å². The first kappa shape index (κ1) is 94.1. The number of nitrogens with zero attached hydrogens (tertiary/aromatic N) is 2. The van der Waals surface area contributed by atoms with E-state index in [-0.39, 0.29) is 69.0 Å². The summed E-state index contributed by atoms with van der Waals surface area (Å²) in [7, 11) is 0. The molecular weight excluding hydrogens is 1480 g/mol. The maximum absolute atomic E-state index is 14.5. The number of aromatic amines is 1. The summed E-state index contributed by atoms with van der Waals surface area (Å²) in [6.45, 7) is 10.6. The average molecular weight is 1580 g/mol. The Bertz CT molecular complexity index is 3690. The van der Waals surface area contributed by atoms with E-state index in [1.807, 2.05) is 0 Å². The highest BCUT2D eigenvalue weighted by Crippen LogP contribution is 2.21. The van der Waals surface area contributed by atoms with E-state index in [2.05, 4.69) is 79.1 Å². The van der Waals surface area contributed by atoms with Crippen LogP contribution in [0.5, 0.6) is 5.75 Å². The van der Waals surface area contributed by atoms with Crippen molar-refractivity contribution in [1.82, 2.24) is 84.0 Å². The van der Waals surface area contributed by atoms with Gasteiger partial charge in [0.25, 0.3) is 0 Å². The number of aliphatic carboxylic acids is 3. The molecular formula is C68H105N21O23. The van der Waals surface area contributed by atoms with Crippen molar-refractivity contribution in [2.75, 3.05) is 19.7 Å². The van der Waals surface area contributed by atoms with Gasteiger partial charge in [0.1, 0.15) is 84.3 Å². The van der Waals surface area contributed by atoms with Crippen LogP contribution in [0.1, 0.15) is 131 Å². The monoisotopic (exact) mass is 1580 g/mol.